The molecule has 32 heavy (non-hydrogen) atoms. The summed E-state index contributed by atoms with van der Waals surface area (Å²) in [6.45, 7) is 0. The van der Waals surface area contributed by atoms with E-state index in [9.17, 15) is 14.9 Å². The minimum atomic E-state index is -0.639. The number of nitro groups is 1. The molecule has 0 aliphatic carbocycles. The summed E-state index contributed by atoms with van der Waals surface area (Å²) < 4.78 is 1.45. The first kappa shape index (κ1) is 21.8. The molecular formula is C21H12Cl3N5O3. The molecule has 1 N–H and O–H groups in total. The Balaban J connectivity index is 1.75. The summed E-state index contributed by atoms with van der Waals surface area (Å²) >= 11 is 18.2. The van der Waals surface area contributed by atoms with E-state index in [4.69, 9.17) is 34.8 Å². The highest BCUT2D eigenvalue weighted by Gasteiger charge is 2.20. The van der Waals surface area contributed by atoms with E-state index in [0.29, 0.717) is 32.1 Å². The molecule has 160 valence electrons. The number of non-ortho nitro benzene ring substituents is 1. The lowest BCUT2D eigenvalue weighted by Gasteiger charge is -2.07. The van der Waals surface area contributed by atoms with Gasteiger partial charge in [-0.3, -0.25) is 14.9 Å². The van der Waals surface area contributed by atoms with Crippen molar-refractivity contribution in [2.75, 3.05) is 5.32 Å². The quantitative estimate of drug-likeness (QED) is 0.272. The SMILES string of the molecule is O=C(Nc1cccc([N+](=O)[O-])c1)c1nc(-c2ccc(Cl)cc2)n(-c2ccc(Cl)c(Cl)c2)n1. The molecule has 1 aromatic heterocycles. The maximum Gasteiger partial charge on any atom is 0.295 e. The number of benzene rings is 3. The Morgan fingerprint density at radius 1 is 0.969 bits per heavy atom. The van der Waals surface area contributed by atoms with E-state index < -0.39 is 10.8 Å². The second-order valence-electron chi connectivity index (χ2n) is 6.54. The van der Waals surface area contributed by atoms with Crippen LogP contribution in [0.1, 0.15) is 10.6 Å². The van der Waals surface area contributed by atoms with Gasteiger partial charge in [-0.15, -0.1) is 5.10 Å². The monoisotopic (exact) mass is 487 g/mol. The summed E-state index contributed by atoms with van der Waals surface area (Å²) in [5, 5.41) is 19.1. The van der Waals surface area contributed by atoms with Crippen LogP contribution in [-0.4, -0.2) is 25.6 Å². The van der Waals surface area contributed by atoms with Crippen LogP contribution >= 0.6 is 34.8 Å². The number of nitrogens with zero attached hydrogens (tertiary/aromatic N) is 4. The number of aromatic nitrogens is 3. The lowest BCUT2D eigenvalue weighted by atomic mass is 10.2. The van der Waals surface area contributed by atoms with Crippen molar-refractivity contribution < 1.29 is 9.72 Å². The fraction of sp³-hybridized carbons (Fsp3) is 0. The second kappa shape index (κ2) is 8.96. The van der Waals surface area contributed by atoms with E-state index in [1.807, 2.05) is 0 Å². The third kappa shape index (κ3) is 4.57. The third-order valence-electron chi connectivity index (χ3n) is 4.38. The summed E-state index contributed by atoms with van der Waals surface area (Å²) in [6.07, 6.45) is 0. The number of rotatable bonds is 5. The minimum Gasteiger partial charge on any atom is -0.319 e. The number of nitro benzene ring substituents is 1. The average Bonchev–Trinajstić information content (AvgIpc) is 3.22. The van der Waals surface area contributed by atoms with Crippen molar-refractivity contribution in [2.24, 2.45) is 0 Å². The zero-order chi connectivity index (χ0) is 22.8. The molecule has 8 nitrogen and oxygen atoms in total. The maximum absolute atomic E-state index is 12.8. The number of carbonyl (C=O) groups is 1. The van der Waals surface area contributed by atoms with Crippen molar-refractivity contribution in [1.29, 1.82) is 0 Å². The number of halogens is 3. The molecule has 0 saturated heterocycles. The molecule has 0 bridgehead atoms. The molecule has 0 aliphatic heterocycles. The van der Waals surface area contributed by atoms with Gasteiger partial charge in [0.25, 0.3) is 11.6 Å². The largest absolute Gasteiger partial charge is 0.319 e. The normalized spacial score (nSPS) is 10.7. The topological polar surface area (TPSA) is 103 Å². The Hall–Kier alpha value is -3.46. The molecule has 0 atom stereocenters. The predicted octanol–water partition coefficient (Wildman–Crippen LogP) is 6.06. The lowest BCUT2D eigenvalue weighted by Crippen LogP contribution is -2.14. The van der Waals surface area contributed by atoms with E-state index in [1.54, 1.807) is 42.5 Å². The summed E-state index contributed by atoms with van der Waals surface area (Å²) in [5.74, 6) is -0.420. The highest BCUT2D eigenvalue weighted by atomic mass is 35.5. The lowest BCUT2D eigenvalue weighted by molar-refractivity contribution is -0.384. The number of nitrogens with one attached hydrogen (secondary N) is 1. The van der Waals surface area contributed by atoms with Gasteiger partial charge in [-0.05, 0) is 48.5 Å². The average molecular weight is 489 g/mol. The van der Waals surface area contributed by atoms with Gasteiger partial charge in [0.05, 0.1) is 20.7 Å². The van der Waals surface area contributed by atoms with Crippen molar-refractivity contribution in [3.05, 3.63) is 97.7 Å². The molecule has 0 fully saturated rings. The van der Waals surface area contributed by atoms with E-state index in [2.05, 4.69) is 15.4 Å². The van der Waals surface area contributed by atoms with Gasteiger partial charge < -0.3 is 5.32 Å². The van der Waals surface area contributed by atoms with Gasteiger partial charge in [0.1, 0.15) is 0 Å². The number of hydrogen-bond donors (Lipinski definition) is 1. The van der Waals surface area contributed by atoms with Gasteiger partial charge >= 0.3 is 0 Å². The van der Waals surface area contributed by atoms with Crippen molar-refractivity contribution in [3.63, 3.8) is 0 Å². The fourth-order valence-corrected chi connectivity index (χ4v) is 3.29. The summed E-state index contributed by atoms with van der Waals surface area (Å²) in [5.41, 5.74) is 1.27. The summed E-state index contributed by atoms with van der Waals surface area (Å²) in [4.78, 5) is 27.6. The molecule has 0 aliphatic rings. The zero-order valence-electron chi connectivity index (χ0n) is 16.0. The van der Waals surface area contributed by atoms with E-state index in [1.165, 1.54) is 28.9 Å². The number of amides is 1. The molecule has 0 saturated carbocycles. The van der Waals surface area contributed by atoms with Crippen molar-refractivity contribution >= 4 is 52.1 Å². The Labute approximate surface area is 196 Å². The molecule has 0 radical (unpaired) electrons. The zero-order valence-corrected chi connectivity index (χ0v) is 18.3. The number of carbonyl (C=O) groups excluding carboxylic acids is 1. The van der Waals surface area contributed by atoms with Crippen LogP contribution in [0.15, 0.2) is 66.7 Å². The Bertz CT molecular complexity index is 1340. The molecule has 11 heteroatoms. The molecule has 0 spiro atoms. The summed E-state index contributed by atoms with van der Waals surface area (Å²) in [7, 11) is 0. The first-order valence-corrected chi connectivity index (χ1v) is 10.2. The van der Waals surface area contributed by atoms with Gasteiger partial charge in [0.2, 0.25) is 5.82 Å². The Morgan fingerprint density at radius 3 is 2.41 bits per heavy atom. The van der Waals surface area contributed by atoms with Crippen LogP contribution in [0.25, 0.3) is 17.1 Å². The standard InChI is InChI=1S/C21H12Cl3N5O3/c22-13-6-4-12(5-7-13)20-26-19(27-28(20)15-8-9-17(23)18(24)11-15)21(30)25-14-2-1-3-16(10-14)29(31)32/h1-11H,(H,25,30). The van der Waals surface area contributed by atoms with Gasteiger partial charge in [-0.1, -0.05) is 40.9 Å². The van der Waals surface area contributed by atoms with Gasteiger partial charge in [0, 0.05) is 28.4 Å². The van der Waals surface area contributed by atoms with Gasteiger partial charge in [-0.2, -0.15) is 0 Å². The van der Waals surface area contributed by atoms with Crippen molar-refractivity contribution in [3.8, 4) is 17.1 Å². The molecule has 0 unspecified atom stereocenters. The maximum atomic E-state index is 12.8. The highest BCUT2D eigenvalue weighted by molar-refractivity contribution is 6.42. The number of anilines is 1. The predicted molar refractivity (Wildman–Crippen MR) is 123 cm³/mol. The van der Waals surface area contributed by atoms with Crippen LogP contribution in [0.2, 0.25) is 15.1 Å². The Kier molecular flexibility index (Phi) is 6.09. The fourth-order valence-electron chi connectivity index (χ4n) is 2.88. The minimum absolute atomic E-state index is 0.146. The van der Waals surface area contributed by atoms with Crippen LogP contribution in [0.4, 0.5) is 11.4 Å². The van der Waals surface area contributed by atoms with Crippen LogP contribution in [0, 0.1) is 10.1 Å². The van der Waals surface area contributed by atoms with Crippen molar-refractivity contribution in [1.82, 2.24) is 14.8 Å². The van der Waals surface area contributed by atoms with E-state index in [-0.39, 0.29) is 17.2 Å². The number of hydrogen-bond acceptors (Lipinski definition) is 5. The van der Waals surface area contributed by atoms with Crippen LogP contribution in [0.5, 0.6) is 0 Å². The molecule has 4 rings (SSSR count). The van der Waals surface area contributed by atoms with E-state index >= 15 is 0 Å². The van der Waals surface area contributed by atoms with Crippen LogP contribution in [-0.2, 0) is 0 Å². The summed E-state index contributed by atoms with van der Waals surface area (Å²) in [6, 6.07) is 17.3. The first-order valence-electron chi connectivity index (χ1n) is 9.06. The molecular weight excluding hydrogens is 477 g/mol. The van der Waals surface area contributed by atoms with Gasteiger partial charge in [-0.25, -0.2) is 9.67 Å². The van der Waals surface area contributed by atoms with E-state index in [0.717, 1.165) is 0 Å². The molecule has 4 aromatic rings. The smallest absolute Gasteiger partial charge is 0.295 e. The van der Waals surface area contributed by atoms with Crippen LogP contribution in [0.3, 0.4) is 0 Å². The molecule has 1 heterocycles. The van der Waals surface area contributed by atoms with Crippen LogP contribution < -0.4 is 5.32 Å². The molecule has 1 amide bonds. The Morgan fingerprint density at radius 2 is 1.72 bits per heavy atom. The third-order valence-corrected chi connectivity index (χ3v) is 5.37. The first-order chi connectivity index (χ1) is 15.3. The molecule has 3 aromatic carbocycles. The highest BCUT2D eigenvalue weighted by Crippen LogP contribution is 2.28. The van der Waals surface area contributed by atoms with Gasteiger partial charge in [0.15, 0.2) is 5.82 Å². The second-order valence-corrected chi connectivity index (χ2v) is 7.79. The van der Waals surface area contributed by atoms with Crippen molar-refractivity contribution in [2.45, 2.75) is 0 Å².